The molecule has 23 heavy (non-hydrogen) atoms. The summed E-state index contributed by atoms with van der Waals surface area (Å²) in [4.78, 5) is 23.4. The molecule has 1 rings (SSSR count). The number of hydrogen-bond acceptors (Lipinski definition) is 4. The highest BCUT2D eigenvalue weighted by molar-refractivity contribution is 7.89. The first-order chi connectivity index (χ1) is 10.6. The fourth-order valence-corrected chi connectivity index (χ4v) is 3.18. The van der Waals surface area contributed by atoms with Crippen LogP contribution in [0.15, 0.2) is 24.3 Å². The molecule has 0 radical (unpaired) electrons. The number of rotatable bonds is 8. The Hall–Kier alpha value is -1.89. The minimum absolute atomic E-state index is 0.0816. The van der Waals surface area contributed by atoms with Crippen molar-refractivity contribution in [1.29, 1.82) is 0 Å². The van der Waals surface area contributed by atoms with E-state index in [1.807, 2.05) is 13.8 Å². The van der Waals surface area contributed by atoms with Gasteiger partial charge in [-0.1, -0.05) is 26.0 Å². The predicted molar refractivity (Wildman–Crippen MR) is 88.0 cm³/mol. The second kappa shape index (κ2) is 7.59. The van der Waals surface area contributed by atoms with E-state index in [0.717, 1.165) is 6.26 Å². The van der Waals surface area contributed by atoms with E-state index >= 15 is 0 Å². The third-order valence-electron chi connectivity index (χ3n) is 3.87. The average Bonchev–Trinajstić information content (AvgIpc) is 2.45. The Morgan fingerprint density at radius 1 is 1.13 bits per heavy atom. The lowest BCUT2D eigenvalue weighted by Crippen LogP contribution is -2.49. The SMILES string of the molecule is CCC(CC)(CC(=O)O)NC(=O)c1ccc(CS(C)(=O)=O)cc1. The first kappa shape index (κ1) is 19.2. The Labute approximate surface area is 136 Å². The van der Waals surface area contributed by atoms with Crippen LogP contribution in [0.3, 0.4) is 0 Å². The van der Waals surface area contributed by atoms with E-state index in [9.17, 15) is 18.0 Å². The van der Waals surface area contributed by atoms with E-state index in [0.29, 0.717) is 24.0 Å². The second-order valence-corrected chi connectivity index (χ2v) is 7.92. The molecule has 1 aromatic carbocycles. The van der Waals surface area contributed by atoms with Gasteiger partial charge >= 0.3 is 5.97 Å². The number of nitrogens with one attached hydrogen (secondary N) is 1. The van der Waals surface area contributed by atoms with Gasteiger partial charge in [-0.05, 0) is 30.5 Å². The van der Waals surface area contributed by atoms with E-state index in [1.165, 1.54) is 0 Å². The molecule has 0 aliphatic rings. The van der Waals surface area contributed by atoms with Gasteiger partial charge in [-0.3, -0.25) is 9.59 Å². The topological polar surface area (TPSA) is 101 Å². The predicted octanol–water partition coefficient (Wildman–Crippen LogP) is 1.99. The van der Waals surface area contributed by atoms with Gasteiger partial charge in [0.25, 0.3) is 5.91 Å². The van der Waals surface area contributed by atoms with Crippen molar-refractivity contribution < 1.29 is 23.1 Å². The third-order valence-corrected chi connectivity index (χ3v) is 4.72. The third kappa shape index (κ3) is 6.02. The highest BCUT2D eigenvalue weighted by Gasteiger charge is 2.31. The maximum Gasteiger partial charge on any atom is 0.305 e. The Morgan fingerprint density at radius 2 is 1.65 bits per heavy atom. The van der Waals surface area contributed by atoms with Crippen molar-refractivity contribution in [2.24, 2.45) is 0 Å². The highest BCUT2D eigenvalue weighted by Crippen LogP contribution is 2.21. The second-order valence-electron chi connectivity index (χ2n) is 5.78. The largest absolute Gasteiger partial charge is 0.481 e. The van der Waals surface area contributed by atoms with Crippen LogP contribution in [0.2, 0.25) is 0 Å². The number of hydrogen-bond donors (Lipinski definition) is 2. The first-order valence-electron chi connectivity index (χ1n) is 7.42. The van der Waals surface area contributed by atoms with Crippen LogP contribution in [0, 0.1) is 0 Å². The van der Waals surface area contributed by atoms with Gasteiger partial charge in [-0.25, -0.2) is 8.42 Å². The van der Waals surface area contributed by atoms with Crippen LogP contribution >= 0.6 is 0 Å². The fourth-order valence-electron chi connectivity index (χ4n) is 2.38. The zero-order valence-corrected chi connectivity index (χ0v) is 14.4. The number of carbonyl (C=O) groups excluding carboxylic acids is 1. The molecule has 1 aromatic rings. The standard InChI is InChI=1S/C16H23NO5S/c1-4-16(5-2,10-14(18)19)17-15(20)13-8-6-12(7-9-13)11-23(3,21)22/h6-9H,4-5,10-11H2,1-3H3,(H,17,20)(H,18,19). The minimum Gasteiger partial charge on any atom is -0.481 e. The van der Waals surface area contributed by atoms with Crippen molar-refractivity contribution in [3.05, 3.63) is 35.4 Å². The van der Waals surface area contributed by atoms with Gasteiger partial charge in [0.15, 0.2) is 9.84 Å². The minimum atomic E-state index is -3.13. The van der Waals surface area contributed by atoms with E-state index in [-0.39, 0.29) is 18.1 Å². The molecule has 0 fully saturated rings. The van der Waals surface area contributed by atoms with Crippen LogP contribution < -0.4 is 5.32 Å². The van der Waals surface area contributed by atoms with Crippen molar-refractivity contribution in [3.63, 3.8) is 0 Å². The molecule has 0 unspecified atom stereocenters. The normalized spacial score (nSPS) is 12.0. The lowest BCUT2D eigenvalue weighted by molar-refractivity contribution is -0.138. The molecule has 7 heteroatoms. The van der Waals surface area contributed by atoms with Crippen molar-refractivity contribution in [1.82, 2.24) is 5.32 Å². The summed E-state index contributed by atoms with van der Waals surface area (Å²) in [6, 6.07) is 6.28. The molecule has 1 amide bonds. The van der Waals surface area contributed by atoms with Gasteiger partial charge < -0.3 is 10.4 Å². The summed E-state index contributed by atoms with van der Waals surface area (Å²) in [7, 11) is -3.13. The van der Waals surface area contributed by atoms with Gasteiger partial charge in [0, 0.05) is 11.8 Å². The zero-order chi connectivity index (χ0) is 17.7. The summed E-state index contributed by atoms with van der Waals surface area (Å²) in [6.45, 7) is 3.67. The first-order valence-corrected chi connectivity index (χ1v) is 9.48. The summed E-state index contributed by atoms with van der Waals surface area (Å²) < 4.78 is 22.5. The molecular formula is C16H23NO5S. The molecule has 0 atom stereocenters. The van der Waals surface area contributed by atoms with Crippen LogP contribution in [0.1, 0.15) is 49.0 Å². The lowest BCUT2D eigenvalue weighted by Gasteiger charge is -2.31. The maximum atomic E-state index is 12.3. The van der Waals surface area contributed by atoms with E-state index in [1.54, 1.807) is 24.3 Å². The molecule has 6 nitrogen and oxygen atoms in total. The van der Waals surface area contributed by atoms with Gasteiger partial charge in [-0.2, -0.15) is 0 Å². The van der Waals surface area contributed by atoms with Crippen molar-refractivity contribution in [2.75, 3.05) is 6.26 Å². The van der Waals surface area contributed by atoms with E-state index in [4.69, 9.17) is 5.11 Å². The van der Waals surface area contributed by atoms with Crippen LogP contribution in [0.4, 0.5) is 0 Å². The smallest absolute Gasteiger partial charge is 0.305 e. The fraction of sp³-hybridized carbons (Fsp3) is 0.500. The summed E-state index contributed by atoms with van der Waals surface area (Å²) in [5, 5.41) is 11.8. The molecule has 0 spiro atoms. The lowest BCUT2D eigenvalue weighted by atomic mass is 9.88. The van der Waals surface area contributed by atoms with Crippen molar-refractivity contribution in [3.8, 4) is 0 Å². The van der Waals surface area contributed by atoms with Gasteiger partial charge in [0.1, 0.15) is 0 Å². The summed E-state index contributed by atoms with van der Waals surface area (Å²) in [6.07, 6.45) is 2.02. The summed E-state index contributed by atoms with van der Waals surface area (Å²) >= 11 is 0. The number of amides is 1. The average molecular weight is 341 g/mol. The molecule has 0 aliphatic heterocycles. The van der Waals surface area contributed by atoms with Gasteiger partial charge in [-0.15, -0.1) is 0 Å². The van der Waals surface area contributed by atoms with Crippen LogP contribution in [-0.4, -0.2) is 37.2 Å². The molecule has 0 aromatic heterocycles. The monoisotopic (exact) mass is 341 g/mol. The number of benzene rings is 1. The molecule has 128 valence electrons. The maximum absolute atomic E-state index is 12.3. The molecular weight excluding hydrogens is 318 g/mol. The van der Waals surface area contributed by atoms with Crippen molar-refractivity contribution >= 4 is 21.7 Å². The number of carbonyl (C=O) groups is 2. The van der Waals surface area contributed by atoms with Crippen LogP contribution in [-0.2, 0) is 20.4 Å². The van der Waals surface area contributed by atoms with Gasteiger partial charge in [0.05, 0.1) is 17.7 Å². The van der Waals surface area contributed by atoms with Gasteiger partial charge in [0.2, 0.25) is 0 Å². The number of carboxylic acids is 1. The molecule has 0 saturated carbocycles. The summed E-state index contributed by atoms with van der Waals surface area (Å²) in [5.41, 5.74) is 0.194. The summed E-state index contributed by atoms with van der Waals surface area (Å²) in [5.74, 6) is -1.40. The van der Waals surface area contributed by atoms with E-state index < -0.39 is 21.3 Å². The zero-order valence-electron chi connectivity index (χ0n) is 13.6. The van der Waals surface area contributed by atoms with Crippen molar-refractivity contribution in [2.45, 2.75) is 44.4 Å². The molecule has 0 saturated heterocycles. The molecule has 0 bridgehead atoms. The Balaban J connectivity index is 2.90. The van der Waals surface area contributed by atoms with E-state index in [2.05, 4.69) is 5.32 Å². The highest BCUT2D eigenvalue weighted by atomic mass is 32.2. The molecule has 0 aliphatic carbocycles. The number of sulfone groups is 1. The van der Waals surface area contributed by atoms with Crippen LogP contribution in [0.25, 0.3) is 0 Å². The molecule has 2 N–H and O–H groups in total. The number of aliphatic carboxylic acids is 1. The number of carboxylic acid groups (broad SMARTS) is 1. The Bertz CT molecular complexity index is 660. The molecule has 0 heterocycles. The Morgan fingerprint density at radius 3 is 2.04 bits per heavy atom. The Kier molecular flexibility index (Phi) is 6.32. The van der Waals surface area contributed by atoms with Crippen LogP contribution in [0.5, 0.6) is 0 Å². The quantitative estimate of drug-likeness (QED) is 0.753.